The van der Waals surface area contributed by atoms with Crippen LogP contribution in [0.25, 0.3) is 0 Å². The minimum absolute atomic E-state index is 0.0412. The SMILES string of the molecule is CN(C(=N)N=C(N)N)C1CCCCCC1. The van der Waals surface area contributed by atoms with Gasteiger partial charge in [0.1, 0.15) is 0 Å². The first-order valence-electron chi connectivity index (χ1n) is 5.52. The van der Waals surface area contributed by atoms with Gasteiger partial charge in [0.2, 0.25) is 5.96 Å². The van der Waals surface area contributed by atoms with Crippen LogP contribution in [-0.4, -0.2) is 29.9 Å². The molecule has 1 fully saturated rings. The zero-order valence-electron chi connectivity index (χ0n) is 9.37. The maximum atomic E-state index is 7.71. The van der Waals surface area contributed by atoms with Gasteiger partial charge in [-0.3, -0.25) is 5.41 Å². The molecule has 0 unspecified atom stereocenters. The molecular weight excluding hydrogens is 190 g/mol. The van der Waals surface area contributed by atoms with E-state index >= 15 is 0 Å². The van der Waals surface area contributed by atoms with Crippen molar-refractivity contribution >= 4 is 11.9 Å². The average Bonchev–Trinajstić information content (AvgIpc) is 2.43. The summed E-state index contributed by atoms with van der Waals surface area (Å²) in [4.78, 5) is 5.64. The number of nitrogens with zero attached hydrogens (tertiary/aromatic N) is 2. The maximum absolute atomic E-state index is 7.71. The van der Waals surface area contributed by atoms with E-state index in [1.165, 1.54) is 25.7 Å². The van der Waals surface area contributed by atoms with Crippen LogP contribution in [0.2, 0.25) is 0 Å². The predicted molar refractivity (Wildman–Crippen MR) is 62.8 cm³/mol. The second kappa shape index (κ2) is 5.58. The third kappa shape index (κ3) is 3.77. The van der Waals surface area contributed by atoms with E-state index in [9.17, 15) is 0 Å². The Balaban J connectivity index is 2.53. The number of guanidine groups is 2. The first-order valence-corrected chi connectivity index (χ1v) is 5.52. The minimum atomic E-state index is -0.0412. The molecule has 5 heteroatoms. The summed E-state index contributed by atoms with van der Waals surface area (Å²) >= 11 is 0. The molecule has 0 aromatic rings. The molecule has 1 rings (SSSR count). The van der Waals surface area contributed by atoms with Crippen LogP contribution in [0.15, 0.2) is 4.99 Å². The molecule has 86 valence electrons. The number of nitrogens with two attached hydrogens (primary N) is 2. The van der Waals surface area contributed by atoms with E-state index in [4.69, 9.17) is 16.9 Å². The smallest absolute Gasteiger partial charge is 0.220 e. The number of rotatable bonds is 1. The summed E-state index contributed by atoms with van der Waals surface area (Å²) in [7, 11) is 1.89. The van der Waals surface area contributed by atoms with Gasteiger partial charge in [0.05, 0.1) is 0 Å². The quantitative estimate of drug-likeness (QED) is 0.341. The summed E-state index contributed by atoms with van der Waals surface area (Å²) in [5.74, 6) is 0.127. The monoisotopic (exact) mass is 211 g/mol. The van der Waals surface area contributed by atoms with Crippen LogP contribution < -0.4 is 11.5 Å². The Bertz CT molecular complexity index is 236. The van der Waals surface area contributed by atoms with Crippen molar-refractivity contribution in [1.29, 1.82) is 5.41 Å². The fourth-order valence-corrected chi connectivity index (χ4v) is 2.02. The molecule has 0 atom stereocenters. The lowest BCUT2D eigenvalue weighted by Gasteiger charge is -2.27. The van der Waals surface area contributed by atoms with Crippen LogP contribution >= 0.6 is 0 Å². The summed E-state index contributed by atoms with van der Waals surface area (Å²) in [5, 5.41) is 7.71. The average molecular weight is 211 g/mol. The van der Waals surface area contributed by atoms with Crippen molar-refractivity contribution in [3.63, 3.8) is 0 Å². The van der Waals surface area contributed by atoms with Crippen molar-refractivity contribution in [2.75, 3.05) is 7.05 Å². The van der Waals surface area contributed by atoms with Crippen molar-refractivity contribution in [2.24, 2.45) is 16.5 Å². The zero-order valence-corrected chi connectivity index (χ0v) is 9.37. The fraction of sp³-hybridized carbons (Fsp3) is 0.800. The Morgan fingerprint density at radius 1 is 1.20 bits per heavy atom. The van der Waals surface area contributed by atoms with Gasteiger partial charge in [-0.1, -0.05) is 25.7 Å². The lowest BCUT2D eigenvalue weighted by Crippen LogP contribution is -2.37. The van der Waals surface area contributed by atoms with E-state index < -0.39 is 0 Å². The highest BCUT2D eigenvalue weighted by Gasteiger charge is 2.18. The van der Waals surface area contributed by atoms with Gasteiger partial charge >= 0.3 is 0 Å². The van der Waals surface area contributed by atoms with Gasteiger partial charge in [0, 0.05) is 13.1 Å². The number of nitrogens with one attached hydrogen (secondary N) is 1. The Labute approximate surface area is 91.0 Å². The second-order valence-electron chi connectivity index (χ2n) is 4.12. The standard InChI is InChI=1S/C10H21N5/c1-15(10(13)14-9(11)12)8-6-4-2-3-5-7-8/h8H,2-7H2,1H3,(H5,11,12,13,14). The summed E-state index contributed by atoms with van der Waals surface area (Å²) in [6.07, 6.45) is 7.37. The third-order valence-corrected chi connectivity index (χ3v) is 2.94. The number of hydrogen-bond acceptors (Lipinski definition) is 1. The molecule has 5 N–H and O–H groups in total. The number of hydrogen-bond donors (Lipinski definition) is 3. The molecule has 0 aliphatic heterocycles. The lowest BCUT2D eigenvalue weighted by molar-refractivity contribution is 0.326. The third-order valence-electron chi connectivity index (χ3n) is 2.94. The molecule has 1 aliphatic rings. The molecule has 0 aromatic heterocycles. The minimum Gasteiger partial charge on any atom is -0.370 e. The van der Waals surface area contributed by atoms with Crippen LogP contribution in [-0.2, 0) is 0 Å². The highest BCUT2D eigenvalue weighted by Crippen LogP contribution is 2.21. The second-order valence-corrected chi connectivity index (χ2v) is 4.12. The van der Waals surface area contributed by atoms with Crippen molar-refractivity contribution in [3.05, 3.63) is 0 Å². The highest BCUT2D eigenvalue weighted by molar-refractivity contribution is 5.91. The zero-order chi connectivity index (χ0) is 11.3. The van der Waals surface area contributed by atoms with Crippen molar-refractivity contribution in [3.8, 4) is 0 Å². The Morgan fingerprint density at radius 3 is 2.20 bits per heavy atom. The molecule has 0 saturated heterocycles. The predicted octanol–water partition coefficient (Wildman–Crippen LogP) is 0.849. The van der Waals surface area contributed by atoms with Crippen LogP contribution in [0.1, 0.15) is 38.5 Å². The van der Waals surface area contributed by atoms with Crippen molar-refractivity contribution < 1.29 is 0 Å². The number of aliphatic imine (C=N–C) groups is 1. The summed E-state index contributed by atoms with van der Waals surface area (Å²) in [5.41, 5.74) is 10.5. The first-order chi connectivity index (χ1) is 7.11. The normalized spacial score (nSPS) is 17.9. The molecule has 0 heterocycles. The molecule has 1 saturated carbocycles. The molecule has 5 nitrogen and oxygen atoms in total. The molecule has 0 spiro atoms. The van der Waals surface area contributed by atoms with E-state index in [2.05, 4.69) is 4.99 Å². The Morgan fingerprint density at radius 2 is 1.73 bits per heavy atom. The maximum Gasteiger partial charge on any atom is 0.220 e. The van der Waals surface area contributed by atoms with Crippen LogP contribution in [0, 0.1) is 5.41 Å². The van der Waals surface area contributed by atoms with Crippen LogP contribution in [0.5, 0.6) is 0 Å². The van der Waals surface area contributed by atoms with Gasteiger partial charge in [-0.05, 0) is 12.8 Å². The summed E-state index contributed by atoms with van der Waals surface area (Å²) in [6.45, 7) is 0. The Hall–Kier alpha value is -1.26. The Kier molecular flexibility index (Phi) is 4.39. The van der Waals surface area contributed by atoms with E-state index in [0.717, 1.165) is 12.8 Å². The van der Waals surface area contributed by atoms with E-state index in [-0.39, 0.29) is 11.9 Å². The largest absolute Gasteiger partial charge is 0.370 e. The fourth-order valence-electron chi connectivity index (χ4n) is 2.02. The van der Waals surface area contributed by atoms with Gasteiger partial charge in [-0.25, -0.2) is 0 Å². The lowest BCUT2D eigenvalue weighted by atomic mass is 10.1. The summed E-state index contributed by atoms with van der Waals surface area (Å²) in [6, 6.07) is 0.420. The molecule has 15 heavy (non-hydrogen) atoms. The molecule has 0 bridgehead atoms. The molecule has 0 aromatic carbocycles. The van der Waals surface area contributed by atoms with E-state index in [0.29, 0.717) is 6.04 Å². The van der Waals surface area contributed by atoms with Gasteiger partial charge < -0.3 is 16.4 Å². The van der Waals surface area contributed by atoms with E-state index in [1.807, 2.05) is 11.9 Å². The highest BCUT2D eigenvalue weighted by atomic mass is 15.3. The molecule has 1 aliphatic carbocycles. The van der Waals surface area contributed by atoms with Gasteiger partial charge in [-0.15, -0.1) is 0 Å². The van der Waals surface area contributed by atoms with Gasteiger partial charge in [-0.2, -0.15) is 4.99 Å². The topological polar surface area (TPSA) is 91.5 Å². The molecule has 0 amide bonds. The van der Waals surface area contributed by atoms with E-state index in [1.54, 1.807) is 0 Å². The van der Waals surface area contributed by atoms with Crippen molar-refractivity contribution in [2.45, 2.75) is 44.6 Å². The van der Waals surface area contributed by atoms with Crippen LogP contribution in [0.4, 0.5) is 0 Å². The van der Waals surface area contributed by atoms with Gasteiger partial charge in [0.25, 0.3) is 0 Å². The molecule has 0 radical (unpaired) electrons. The summed E-state index contributed by atoms with van der Waals surface area (Å²) < 4.78 is 0. The van der Waals surface area contributed by atoms with Crippen molar-refractivity contribution in [1.82, 2.24) is 4.90 Å². The first kappa shape index (κ1) is 11.8. The van der Waals surface area contributed by atoms with Crippen LogP contribution in [0.3, 0.4) is 0 Å². The molecular formula is C10H21N5. The van der Waals surface area contributed by atoms with Gasteiger partial charge in [0.15, 0.2) is 5.96 Å².